The van der Waals surface area contributed by atoms with Crippen LogP contribution in [-0.4, -0.2) is 51.4 Å². The number of carbonyl (C=O) groups is 2. The van der Waals surface area contributed by atoms with E-state index in [2.05, 4.69) is 0 Å². The number of halogens is 1. The molecule has 5 rings (SSSR count). The van der Waals surface area contributed by atoms with E-state index in [1.807, 2.05) is 34.9 Å². The summed E-state index contributed by atoms with van der Waals surface area (Å²) in [6.45, 7) is 1.23. The molecule has 1 N–H and O–H groups in total. The van der Waals surface area contributed by atoms with E-state index in [-0.39, 0.29) is 40.7 Å². The maximum Gasteiger partial charge on any atom is 0.274 e. The molecule has 2 aliphatic heterocycles. The van der Waals surface area contributed by atoms with Crippen LogP contribution in [-0.2, 0) is 13.0 Å². The first kappa shape index (κ1) is 19.4. The fourth-order valence-electron chi connectivity index (χ4n) is 4.64. The Bertz CT molecular complexity index is 1170. The van der Waals surface area contributed by atoms with Crippen molar-refractivity contribution in [1.29, 1.82) is 0 Å². The first-order valence-corrected chi connectivity index (χ1v) is 10.3. The van der Waals surface area contributed by atoms with E-state index in [1.54, 1.807) is 29.0 Å². The molecule has 1 aromatic heterocycles. The number of rotatable bonds is 3. The zero-order chi connectivity index (χ0) is 21.7. The third kappa shape index (κ3) is 3.08. The number of nitrogens with zero attached hydrogens (tertiary/aromatic N) is 3. The molecule has 2 aliphatic rings. The van der Waals surface area contributed by atoms with E-state index in [9.17, 15) is 19.1 Å². The lowest BCUT2D eigenvalue weighted by Gasteiger charge is -2.35. The monoisotopic (exact) mass is 419 g/mol. The molecule has 0 fully saturated rings. The second-order valence-corrected chi connectivity index (χ2v) is 8.10. The van der Waals surface area contributed by atoms with Gasteiger partial charge in [-0.05, 0) is 23.3 Å². The number of amides is 2. The van der Waals surface area contributed by atoms with Crippen molar-refractivity contribution in [3.63, 3.8) is 0 Å². The lowest BCUT2D eigenvalue weighted by molar-refractivity contribution is 0.0708. The number of carbonyl (C=O) groups excluding carboxylic acids is 2. The Hall–Kier alpha value is -3.61. The number of aromatic hydroxyl groups is 1. The highest BCUT2D eigenvalue weighted by molar-refractivity contribution is 6.06. The Labute approximate surface area is 179 Å². The van der Waals surface area contributed by atoms with Crippen molar-refractivity contribution in [1.82, 2.24) is 14.4 Å². The average Bonchev–Trinajstić information content (AvgIpc) is 3.08. The van der Waals surface area contributed by atoms with Gasteiger partial charge in [0.05, 0.1) is 6.04 Å². The van der Waals surface area contributed by atoms with Crippen molar-refractivity contribution < 1.29 is 19.1 Å². The molecule has 3 aromatic rings. The van der Waals surface area contributed by atoms with Crippen molar-refractivity contribution in [2.45, 2.75) is 19.0 Å². The van der Waals surface area contributed by atoms with E-state index < -0.39 is 0 Å². The number of aromatic nitrogens is 1. The van der Waals surface area contributed by atoms with E-state index in [0.717, 1.165) is 11.1 Å². The van der Waals surface area contributed by atoms with Crippen LogP contribution in [0, 0.1) is 5.82 Å². The van der Waals surface area contributed by atoms with Gasteiger partial charge in [0.2, 0.25) is 0 Å². The zero-order valence-corrected chi connectivity index (χ0v) is 17.1. The molecule has 7 heteroatoms. The Morgan fingerprint density at radius 3 is 2.45 bits per heavy atom. The molecular weight excluding hydrogens is 397 g/mol. The largest absolute Gasteiger partial charge is 0.505 e. The predicted molar refractivity (Wildman–Crippen MR) is 112 cm³/mol. The first-order valence-electron chi connectivity index (χ1n) is 10.3. The van der Waals surface area contributed by atoms with Crippen molar-refractivity contribution in [3.05, 3.63) is 88.5 Å². The minimum Gasteiger partial charge on any atom is -0.505 e. The standard InChI is InChI=1S/C24H22FN3O3/c1-26-14-19(16-5-3-2-4-6-16)28-18-11-12-27(13-15-7-9-17(25)10-8-15)23(30)20(18)22(29)21(28)24(26)31/h2-10,19,29H,11-14H2,1H3. The van der Waals surface area contributed by atoms with Crippen LogP contribution in [0.5, 0.6) is 5.75 Å². The fourth-order valence-corrected chi connectivity index (χ4v) is 4.64. The molecule has 158 valence electrons. The molecule has 6 nitrogen and oxygen atoms in total. The summed E-state index contributed by atoms with van der Waals surface area (Å²) in [5.41, 5.74) is 2.89. The fraction of sp³-hybridized carbons (Fsp3) is 0.250. The molecule has 0 saturated heterocycles. The molecule has 2 amide bonds. The van der Waals surface area contributed by atoms with Crippen LogP contribution in [0.3, 0.4) is 0 Å². The molecule has 1 unspecified atom stereocenters. The van der Waals surface area contributed by atoms with Gasteiger partial charge in [0.25, 0.3) is 11.8 Å². The molecule has 0 saturated carbocycles. The Morgan fingerprint density at radius 1 is 1.03 bits per heavy atom. The summed E-state index contributed by atoms with van der Waals surface area (Å²) in [5.74, 6) is -1.19. The van der Waals surface area contributed by atoms with Gasteiger partial charge >= 0.3 is 0 Å². The van der Waals surface area contributed by atoms with Gasteiger partial charge < -0.3 is 19.5 Å². The Balaban J connectivity index is 1.57. The maximum absolute atomic E-state index is 13.3. The predicted octanol–water partition coefficient (Wildman–Crippen LogP) is 3.21. The van der Waals surface area contributed by atoms with Crippen LogP contribution in [0.1, 0.15) is 43.7 Å². The van der Waals surface area contributed by atoms with Gasteiger partial charge in [-0.3, -0.25) is 9.59 Å². The van der Waals surface area contributed by atoms with E-state index in [4.69, 9.17) is 0 Å². The number of likely N-dealkylation sites (N-methyl/N-ethyl adjacent to an activating group) is 1. The highest BCUT2D eigenvalue weighted by Crippen LogP contribution is 2.41. The molecule has 2 aromatic carbocycles. The Kier molecular flexibility index (Phi) is 4.54. The lowest BCUT2D eigenvalue weighted by Crippen LogP contribution is -2.42. The Morgan fingerprint density at radius 2 is 1.74 bits per heavy atom. The minimum atomic E-state index is -0.330. The molecule has 0 bridgehead atoms. The lowest BCUT2D eigenvalue weighted by atomic mass is 10.0. The molecule has 0 radical (unpaired) electrons. The maximum atomic E-state index is 13.3. The van der Waals surface area contributed by atoms with Crippen LogP contribution in [0.4, 0.5) is 4.39 Å². The molecule has 0 spiro atoms. The van der Waals surface area contributed by atoms with Gasteiger partial charge in [0.1, 0.15) is 11.4 Å². The second-order valence-electron chi connectivity index (χ2n) is 8.10. The van der Waals surface area contributed by atoms with Crippen LogP contribution in [0.15, 0.2) is 54.6 Å². The first-order chi connectivity index (χ1) is 15.0. The van der Waals surface area contributed by atoms with Gasteiger partial charge in [0, 0.05) is 38.8 Å². The van der Waals surface area contributed by atoms with Crippen molar-refractivity contribution in [3.8, 4) is 5.75 Å². The summed E-state index contributed by atoms with van der Waals surface area (Å²) in [5, 5.41) is 11.0. The topological polar surface area (TPSA) is 65.8 Å². The van der Waals surface area contributed by atoms with Crippen molar-refractivity contribution in [2.75, 3.05) is 20.1 Å². The molecule has 3 heterocycles. The number of hydrogen-bond acceptors (Lipinski definition) is 3. The summed E-state index contributed by atoms with van der Waals surface area (Å²) in [6, 6.07) is 15.6. The SMILES string of the molecule is CN1CC(c2ccccc2)n2c3c(c(O)c2C1=O)C(=O)N(Cc1ccc(F)cc1)CC3. The smallest absolute Gasteiger partial charge is 0.274 e. The van der Waals surface area contributed by atoms with Gasteiger partial charge in [-0.25, -0.2) is 4.39 Å². The van der Waals surface area contributed by atoms with Crippen LogP contribution >= 0.6 is 0 Å². The van der Waals surface area contributed by atoms with Gasteiger partial charge in [-0.15, -0.1) is 0 Å². The highest BCUT2D eigenvalue weighted by atomic mass is 19.1. The summed E-state index contributed by atoms with van der Waals surface area (Å²) >= 11 is 0. The molecule has 31 heavy (non-hydrogen) atoms. The van der Waals surface area contributed by atoms with Crippen LogP contribution in [0.2, 0.25) is 0 Å². The summed E-state index contributed by atoms with van der Waals surface area (Å²) in [4.78, 5) is 29.5. The van der Waals surface area contributed by atoms with E-state index in [1.165, 1.54) is 12.1 Å². The normalized spacial score (nSPS) is 18.2. The average molecular weight is 419 g/mol. The van der Waals surface area contributed by atoms with Gasteiger partial charge in [-0.2, -0.15) is 0 Å². The van der Waals surface area contributed by atoms with Crippen LogP contribution < -0.4 is 0 Å². The van der Waals surface area contributed by atoms with Crippen molar-refractivity contribution in [2.24, 2.45) is 0 Å². The third-order valence-corrected chi connectivity index (χ3v) is 6.18. The highest BCUT2D eigenvalue weighted by Gasteiger charge is 2.41. The van der Waals surface area contributed by atoms with Crippen molar-refractivity contribution >= 4 is 11.8 Å². The van der Waals surface area contributed by atoms with Gasteiger partial charge in [0.15, 0.2) is 11.4 Å². The number of hydrogen-bond donors (Lipinski definition) is 1. The van der Waals surface area contributed by atoms with Gasteiger partial charge in [-0.1, -0.05) is 42.5 Å². The molecule has 0 aliphatic carbocycles. The number of fused-ring (bicyclic) bond motifs is 3. The molecule has 1 atom stereocenters. The summed E-state index contributed by atoms with van der Waals surface area (Å²) in [7, 11) is 1.70. The van der Waals surface area contributed by atoms with Crippen LogP contribution in [0.25, 0.3) is 0 Å². The third-order valence-electron chi connectivity index (χ3n) is 6.18. The molecular formula is C24H22FN3O3. The minimum absolute atomic E-state index is 0.171. The summed E-state index contributed by atoms with van der Waals surface area (Å²) in [6.07, 6.45) is 0.524. The second kappa shape index (κ2) is 7.27. The summed E-state index contributed by atoms with van der Waals surface area (Å²) < 4.78 is 15.1. The quantitative estimate of drug-likeness (QED) is 0.709. The van der Waals surface area contributed by atoms with E-state index >= 15 is 0 Å². The number of benzene rings is 2. The zero-order valence-electron chi connectivity index (χ0n) is 17.1. The van der Waals surface area contributed by atoms with E-state index in [0.29, 0.717) is 31.7 Å².